The Bertz CT molecular complexity index is 1450. The summed E-state index contributed by atoms with van der Waals surface area (Å²) in [6.45, 7) is 7.96. The van der Waals surface area contributed by atoms with Gasteiger partial charge in [-0.2, -0.15) is 0 Å². The minimum Gasteiger partial charge on any atom is -0.481 e. The second-order valence-corrected chi connectivity index (χ2v) is 13.6. The van der Waals surface area contributed by atoms with Crippen LogP contribution in [0, 0.1) is 11.8 Å². The molecule has 2 heterocycles. The molecule has 1 aromatic heterocycles. The Hall–Kier alpha value is -5.11. The van der Waals surface area contributed by atoms with Crippen molar-refractivity contribution < 1.29 is 53.7 Å². The molecule has 0 unspecified atom stereocenters. The number of carboxylic acid groups (broad SMARTS) is 2. The number of aliphatic hydroxyl groups excluding tert-OH is 1. The number of hydrogen-bond donors (Lipinski definition) is 10. The Morgan fingerprint density at radius 2 is 1.58 bits per heavy atom. The van der Waals surface area contributed by atoms with E-state index in [1.165, 1.54) is 12.5 Å². The molecule has 20 heteroatoms. The van der Waals surface area contributed by atoms with Gasteiger partial charge in [-0.05, 0) is 38.0 Å². The highest BCUT2D eigenvalue weighted by Gasteiger charge is 2.41. The zero-order valence-electron chi connectivity index (χ0n) is 30.6. The van der Waals surface area contributed by atoms with Crippen molar-refractivity contribution in [3.05, 3.63) is 18.2 Å². The number of nitrogens with zero attached hydrogens (tertiary/aromatic N) is 2. The number of aliphatic hydroxyl groups is 1. The second kappa shape index (κ2) is 20.8. The van der Waals surface area contributed by atoms with Gasteiger partial charge in [-0.15, -0.1) is 0 Å². The Balaban J connectivity index is 2.27. The van der Waals surface area contributed by atoms with Crippen molar-refractivity contribution in [1.29, 1.82) is 0 Å². The quantitative estimate of drug-likeness (QED) is 0.0615. The van der Waals surface area contributed by atoms with Crippen LogP contribution in [0.4, 0.5) is 0 Å². The van der Waals surface area contributed by atoms with E-state index in [0.29, 0.717) is 18.5 Å². The zero-order valence-corrected chi connectivity index (χ0v) is 30.6. The minimum absolute atomic E-state index is 0.00969. The van der Waals surface area contributed by atoms with Gasteiger partial charge in [-0.1, -0.05) is 34.1 Å². The second-order valence-electron chi connectivity index (χ2n) is 13.6. The van der Waals surface area contributed by atoms with E-state index in [0.717, 1.165) is 11.8 Å². The summed E-state index contributed by atoms with van der Waals surface area (Å²) in [7, 11) is 0. The number of carbonyl (C=O) groups is 8. The van der Waals surface area contributed by atoms with Crippen LogP contribution in [0.15, 0.2) is 12.5 Å². The van der Waals surface area contributed by atoms with Crippen molar-refractivity contribution in [2.75, 3.05) is 13.1 Å². The smallest absolute Gasteiger partial charge is 0.328 e. The van der Waals surface area contributed by atoms with E-state index in [4.69, 9.17) is 5.73 Å². The molecule has 53 heavy (non-hydrogen) atoms. The largest absolute Gasteiger partial charge is 0.481 e. The van der Waals surface area contributed by atoms with Crippen molar-refractivity contribution in [2.24, 2.45) is 17.6 Å². The van der Waals surface area contributed by atoms with Gasteiger partial charge in [0.15, 0.2) is 6.04 Å². The number of nitrogens with two attached hydrogens (primary N) is 1. The number of aromatic amines is 1. The topological polar surface area (TPSA) is 315 Å². The van der Waals surface area contributed by atoms with Crippen LogP contribution in [0.3, 0.4) is 0 Å². The number of imidazole rings is 1. The summed E-state index contributed by atoms with van der Waals surface area (Å²) in [5.41, 5.74) is 6.32. The van der Waals surface area contributed by atoms with Crippen molar-refractivity contribution in [1.82, 2.24) is 41.5 Å². The van der Waals surface area contributed by atoms with Gasteiger partial charge < -0.3 is 57.5 Å². The van der Waals surface area contributed by atoms with Gasteiger partial charge >= 0.3 is 11.9 Å². The maximum Gasteiger partial charge on any atom is 0.328 e. The molecule has 20 nitrogen and oxygen atoms in total. The molecule has 0 spiro atoms. The van der Waals surface area contributed by atoms with E-state index < -0.39 is 103 Å². The number of rotatable bonds is 21. The molecular formula is C33H53N9O11. The van der Waals surface area contributed by atoms with Crippen LogP contribution in [-0.4, -0.2) is 133 Å². The third kappa shape index (κ3) is 13.8. The summed E-state index contributed by atoms with van der Waals surface area (Å²) in [4.78, 5) is 110. The molecule has 296 valence electrons. The van der Waals surface area contributed by atoms with Crippen LogP contribution in [0.1, 0.15) is 72.4 Å². The summed E-state index contributed by atoms with van der Waals surface area (Å²) in [5.74, 6) is -8.01. The number of hydrogen-bond acceptors (Lipinski definition) is 11. The van der Waals surface area contributed by atoms with E-state index in [2.05, 4.69) is 36.6 Å². The lowest BCUT2D eigenvalue weighted by Gasteiger charge is -2.30. The van der Waals surface area contributed by atoms with Gasteiger partial charge in [0.2, 0.25) is 35.4 Å². The molecule has 1 aliphatic heterocycles. The standard InChI is InChI=1S/C33H53N9O11/c1-6-17(4)26(34)31(50)36-14-24(44)38-20(10-16(2)3)28(47)39-21(11-19-13-35-15-37-19)29(48)40-22(12-25(45)46)32(51)42-9-7-8-23(42)30(49)41-27(18(5)43)33(52)53/h13,15-18,20-23,26-27,43H,6-12,14,34H2,1-5H3,(H,35,37)(H,36,50)(H,38,44)(H,39,47)(H,40,48)(H,41,49)(H,45,46)(H,52,53)/t17-,18+,20-,21-,22-,23-,26-,27-/m0/s1. The number of likely N-dealkylation sites (tertiary alicyclic amines) is 1. The van der Waals surface area contributed by atoms with Crippen molar-refractivity contribution in [3.63, 3.8) is 0 Å². The first-order chi connectivity index (χ1) is 24.9. The molecule has 1 fully saturated rings. The number of aromatic nitrogens is 2. The van der Waals surface area contributed by atoms with E-state index >= 15 is 0 Å². The first-order valence-corrected chi connectivity index (χ1v) is 17.5. The van der Waals surface area contributed by atoms with Gasteiger partial charge in [0.1, 0.15) is 24.2 Å². The normalized spacial score (nSPS) is 18.0. The predicted octanol–water partition coefficient (Wildman–Crippen LogP) is -2.64. The average molecular weight is 752 g/mol. The molecular weight excluding hydrogens is 698 g/mol. The van der Waals surface area contributed by atoms with Gasteiger partial charge in [-0.25, -0.2) is 9.78 Å². The lowest BCUT2D eigenvalue weighted by Crippen LogP contribution is -2.60. The van der Waals surface area contributed by atoms with Crippen molar-refractivity contribution in [2.45, 2.75) is 115 Å². The molecule has 1 aromatic rings. The molecule has 0 aromatic carbocycles. The van der Waals surface area contributed by atoms with E-state index in [1.54, 1.807) is 20.8 Å². The Morgan fingerprint density at radius 3 is 2.13 bits per heavy atom. The summed E-state index contributed by atoms with van der Waals surface area (Å²) in [5, 5.41) is 41.0. The number of nitrogens with one attached hydrogen (secondary N) is 6. The SMILES string of the molecule is CC[C@H](C)[C@H](N)C(=O)NCC(=O)N[C@@H](CC(C)C)C(=O)N[C@@H](Cc1cnc[nH]1)C(=O)N[C@@H](CC(=O)O)C(=O)N1CCC[C@H]1C(=O)N[C@H](C(=O)O)[C@@H](C)O. The molecule has 0 bridgehead atoms. The van der Waals surface area contributed by atoms with Crippen LogP contribution < -0.4 is 32.3 Å². The third-order valence-corrected chi connectivity index (χ3v) is 8.83. The first kappa shape index (κ1) is 44.1. The Kier molecular flexibility index (Phi) is 17.3. The lowest BCUT2D eigenvalue weighted by molar-refractivity contribution is -0.148. The molecule has 1 aliphatic rings. The van der Waals surface area contributed by atoms with Crippen LogP contribution in [-0.2, 0) is 44.8 Å². The molecule has 6 amide bonds. The lowest BCUT2D eigenvalue weighted by atomic mass is 9.99. The molecule has 0 radical (unpaired) electrons. The highest BCUT2D eigenvalue weighted by Crippen LogP contribution is 2.20. The highest BCUT2D eigenvalue weighted by molar-refractivity contribution is 5.98. The number of carbonyl (C=O) groups excluding carboxylic acids is 6. The van der Waals surface area contributed by atoms with Gasteiger partial charge in [0.25, 0.3) is 0 Å². The number of amides is 6. The van der Waals surface area contributed by atoms with Crippen LogP contribution in [0.2, 0.25) is 0 Å². The third-order valence-electron chi connectivity index (χ3n) is 8.83. The van der Waals surface area contributed by atoms with Crippen LogP contribution >= 0.6 is 0 Å². The van der Waals surface area contributed by atoms with Crippen molar-refractivity contribution in [3.8, 4) is 0 Å². The number of carboxylic acids is 2. The average Bonchev–Trinajstić information content (AvgIpc) is 3.79. The fourth-order valence-corrected chi connectivity index (χ4v) is 5.63. The van der Waals surface area contributed by atoms with Crippen LogP contribution in [0.5, 0.6) is 0 Å². The van der Waals surface area contributed by atoms with Crippen LogP contribution in [0.25, 0.3) is 0 Å². The first-order valence-electron chi connectivity index (χ1n) is 17.5. The Labute approximate surface area is 306 Å². The summed E-state index contributed by atoms with van der Waals surface area (Å²) < 4.78 is 0. The molecule has 0 aliphatic carbocycles. The molecule has 2 rings (SSSR count). The summed E-state index contributed by atoms with van der Waals surface area (Å²) >= 11 is 0. The maximum atomic E-state index is 13.8. The number of aliphatic carboxylic acids is 2. The maximum absolute atomic E-state index is 13.8. The molecule has 11 N–H and O–H groups in total. The highest BCUT2D eigenvalue weighted by atomic mass is 16.4. The van der Waals surface area contributed by atoms with Gasteiger partial charge in [0.05, 0.1) is 31.4 Å². The predicted molar refractivity (Wildman–Crippen MR) is 186 cm³/mol. The Morgan fingerprint density at radius 1 is 0.943 bits per heavy atom. The van der Waals surface area contributed by atoms with E-state index in [1.807, 2.05) is 6.92 Å². The summed E-state index contributed by atoms with van der Waals surface area (Å²) in [6, 6.07) is -8.03. The van der Waals surface area contributed by atoms with Gasteiger partial charge in [-0.3, -0.25) is 33.6 Å². The monoisotopic (exact) mass is 751 g/mol. The molecule has 1 saturated heterocycles. The van der Waals surface area contributed by atoms with E-state index in [-0.39, 0.29) is 37.6 Å². The van der Waals surface area contributed by atoms with Crippen molar-refractivity contribution >= 4 is 47.4 Å². The molecule has 0 saturated carbocycles. The summed E-state index contributed by atoms with van der Waals surface area (Å²) in [6.07, 6.45) is 1.35. The molecule has 8 atom stereocenters. The van der Waals surface area contributed by atoms with Gasteiger partial charge in [0, 0.05) is 24.9 Å². The zero-order chi connectivity index (χ0) is 40.0. The number of H-pyrrole nitrogens is 1. The van der Waals surface area contributed by atoms with E-state index in [9.17, 15) is 53.7 Å². The fraction of sp³-hybridized carbons (Fsp3) is 0.667. The minimum atomic E-state index is -1.71. The fourth-order valence-electron chi connectivity index (χ4n) is 5.63.